The summed E-state index contributed by atoms with van der Waals surface area (Å²) < 4.78 is 0. The van der Waals surface area contributed by atoms with Crippen molar-refractivity contribution in [1.82, 2.24) is 15.1 Å². The molecule has 3 fully saturated rings. The minimum atomic E-state index is -0.447. The summed E-state index contributed by atoms with van der Waals surface area (Å²) in [5.41, 5.74) is 0.857. The van der Waals surface area contributed by atoms with Crippen LogP contribution in [0.4, 0.5) is 4.79 Å². The molecule has 1 aromatic rings. The fraction of sp³-hybridized carbons (Fsp3) is 0.500. The quantitative estimate of drug-likeness (QED) is 0.665. The Labute approximate surface area is 192 Å². The fourth-order valence-electron chi connectivity index (χ4n) is 4.69. The SMILES string of the molecule is O=C(NCCN1C(=O)S/C(=C\c2ccccc2)C1=O)C1CCCN1C(=O)C1CCCCC1. The van der Waals surface area contributed by atoms with Crippen molar-refractivity contribution in [3.05, 3.63) is 40.8 Å². The van der Waals surface area contributed by atoms with Gasteiger partial charge in [0.1, 0.15) is 6.04 Å². The number of carbonyl (C=O) groups excluding carboxylic acids is 4. The summed E-state index contributed by atoms with van der Waals surface area (Å²) in [6.07, 6.45) is 8.36. The molecule has 170 valence electrons. The van der Waals surface area contributed by atoms with Crippen LogP contribution in [0.5, 0.6) is 0 Å². The van der Waals surface area contributed by atoms with E-state index in [1.54, 1.807) is 11.0 Å². The minimum Gasteiger partial charge on any atom is -0.353 e. The maximum absolute atomic E-state index is 12.9. The Balaban J connectivity index is 1.29. The number of nitrogens with one attached hydrogen (secondary N) is 1. The standard InChI is InChI=1S/C24H29N3O4S/c28-21(19-12-7-14-26(19)22(29)18-10-5-2-6-11-18)25-13-15-27-23(30)20(32-24(27)31)16-17-8-3-1-4-9-17/h1,3-4,8-9,16,18-19H,2,5-7,10-15H2,(H,25,28)/b20-16-. The third-order valence-corrected chi connectivity index (χ3v) is 7.31. The lowest BCUT2D eigenvalue weighted by Crippen LogP contribution is -2.49. The zero-order valence-electron chi connectivity index (χ0n) is 18.1. The number of thioether (sulfide) groups is 1. The van der Waals surface area contributed by atoms with Crippen molar-refractivity contribution < 1.29 is 19.2 Å². The fourth-order valence-corrected chi connectivity index (χ4v) is 5.55. The van der Waals surface area contributed by atoms with Crippen LogP contribution < -0.4 is 5.32 Å². The number of carbonyl (C=O) groups is 4. The van der Waals surface area contributed by atoms with Crippen molar-refractivity contribution in [2.45, 2.75) is 51.0 Å². The molecule has 1 unspecified atom stereocenters. The number of hydrogen-bond donors (Lipinski definition) is 1. The van der Waals surface area contributed by atoms with Crippen LogP contribution in [-0.2, 0) is 14.4 Å². The van der Waals surface area contributed by atoms with E-state index in [2.05, 4.69) is 5.32 Å². The molecule has 2 saturated heterocycles. The van der Waals surface area contributed by atoms with Gasteiger partial charge in [-0.15, -0.1) is 0 Å². The van der Waals surface area contributed by atoms with Gasteiger partial charge in [0.15, 0.2) is 0 Å². The van der Waals surface area contributed by atoms with Gasteiger partial charge in [0.05, 0.1) is 4.91 Å². The first-order chi connectivity index (χ1) is 15.5. The van der Waals surface area contributed by atoms with Crippen LogP contribution in [0.3, 0.4) is 0 Å². The van der Waals surface area contributed by atoms with Crippen molar-refractivity contribution in [3.8, 4) is 0 Å². The first-order valence-electron chi connectivity index (χ1n) is 11.4. The molecule has 1 atom stereocenters. The van der Waals surface area contributed by atoms with E-state index in [-0.39, 0.29) is 42.0 Å². The molecule has 1 aliphatic carbocycles. The van der Waals surface area contributed by atoms with E-state index < -0.39 is 6.04 Å². The molecular formula is C24H29N3O4S. The van der Waals surface area contributed by atoms with Crippen LogP contribution in [0, 0.1) is 5.92 Å². The zero-order valence-corrected chi connectivity index (χ0v) is 18.9. The maximum Gasteiger partial charge on any atom is 0.293 e. The molecule has 32 heavy (non-hydrogen) atoms. The second-order valence-electron chi connectivity index (χ2n) is 8.56. The molecule has 8 heteroatoms. The molecule has 3 aliphatic rings. The average Bonchev–Trinajstić information content (AvgIpc) is 3.40. The van der Waals surface area contributed by atoms with Crippen LogP contribution in [-0.4, -0.2) is 58.4 Å². The number of benzene rings is 1. The maximum atomic E-state index is 12.9. The van der Waals surface area contributed by atoms with E-state index in [0.717, 1.165) is 49.4 Å². The molecule has 4 rings (SSSR count). The van der Waals surface area contributed by atoms with Gasteiger partial charge in [-0.2, -0.15) is 0 Å². The van der Waals surface area contributed by atoms with E-state index in [9.17, 15) is 19.2 Å². The highest BCUT2D eigenvalue weighted by Gasteiger charge is 2.38. The minimum absolute atomic E-state index is 0.0452. The van der Waals surface area contributed by atoms with Gasteiger partial charge in [-0.05, 0) is 49.1 Å². The lowest BCUT2D eigenvalue weighted by Gasteiger charge is -2.30. The number of hydrogen-bond acceptors (Lipinski definition) is 5. The summed E-state index contributed by atoms with van der Waals surface area (Å²) in [5.74, 6) is -0.380. The van der Waals surface area contributed by atoms with Gasteiger partial charge in [0.25, 0.3) is 11.1 Å². The Morgan fingerprint density at radius 2 is 1.78 bits per heavy atom. The molecule has 0 spiro atoms. The summed E-state index contributed by atoms with van der Waals surface area (Å²) in [6.45, 7) is 0.921. The summed E-state index contributed by atoms with van der Waals surface area (Å²) in [4.78, 5) is 53.9. The summed E-state index contributed by atoms with van der Waals surface area (Å²) in [7, 11) is 0. The number of imide groups is 1. The number of rotatable bonds is 6. The second-order valence-corrected chi connectivity index (χ2v) is 9.55. The molecule has 0 aromatic heterocycles. The molecule has 4 amide bonds. The molecule has 1 aromatic carbocycles. The third kappa shape index (κ3) is 5.06. The van der Waals surface area contributed by atoms with Crippen molar-refractivity contribution in [2.75, 3.05) is 19.6 Å². The van der Waals surface area contributed by atoms with Crippen molar-refractivity contribution in [3.63, 3.8) is 0 Å². The molecule has 0 radical (unpaired) electrons. The molecule has 1 saturated carbocycles. The van der Waals surface area contributed by atoms with Gasteiger partial charge in [0, 0.05) is 25.6 Å². The van der Waals surface area contributed by atoms with E-state index >= 15 is 0 Å². The van der Waals surface area contributed by atoms with Gasteiger partial charge < -0.3 is 10.2 Å². The lowest BCUT2D eigenvalue weighted by atomic mass is 9.88. The van der Waals surface area contributed by atoms with Crippen molar-refractivity contribution in [2.24, 2.45) is 5.92 Å². The van der Waals surface area contributed by atoms with Crippen LogP contribution in [0.2, 0.25) is 0 Å². The number of likely N-dealkylation sites (tertiary alicyclic amines) is 1. The van der Waals surface area contributed by atoms with E-state index in [4.69, 9.17) is 0 Å². The topological polar surface area (TPSA) is 86.8 Å². The Kier molecular flexibility index (Phi) is 7.29. The normalized spacial score (nSPS) is 23.2. The molecule has 7 nitrogen and oxygen atoms in total. The van der Waals surface area contributed by atoms with Crippen LogP contribution in [0.1, 0.15) is 50.5 Å². The van der Waals surface area contributed by atoms with Gasteiger partial charge >= 0.3 is 0 Å². The van der Waals surface area contributed by atoms with Gasteiger partial charge in [-0.25, -0.2) is 0 Å². The van der Waals surface area contributed by atoms with Gasteiger partial charge in [0.2, 0.25) is 11.8 Å². The predicted octanol–water partition coefficient (Wildman–Crippen LogP) is 3.41. The Bertz CT molecular complexity index is 911. The number of amides is 4. The lowest BCUT2D eigenvalue weighted by molar-refractivity contribution is -0.142. The highest BCUT2D eigenvalue weighted by Crippen LogP contribution is 2.32. The van der Waals surface area contributed by atoms with Crippen molar-refractivity contribution in [1.29, 1.82) is 0 Å². The van der Waals surface area contributed by atoms with E-state index in [1.807, 2.05) is 30.3 Å². The van der Waals surface area contributed by atoms with Crippen LogP contribution in [0.15, 0.2) is 35.2 Å². The molecule has 0 bridgehead atoms. The molecule has 2 aliphatic heterocycles. The molecule has 1 N–H and O–H groups in total. The summed E-state index contributed by atoms with van der Waals surface area (Å²) in [5, 5.41) is 2.51. The predicted molar refractivity (Wildman–Crippen MR) is 123 cm³/mol. The number of nitrogens with zero attached hydrogens (tertiary/aromatic N) is 2. The Hall–Kier alpha value is -2.61. The largest absolute Gasteiger partial charge is 0.353 e. The van der Waals surface area contributed by atoms with Crippen LogP contribution in [0.25, 0.3) is 6.08 Å². The first-order valence-corrected chi connectivity index (χ1v) is 12.2. The highest BCUT2D eigenvalue weighted by atomic mass is 32.2. The van der Waals surface area contributed by atoms with E-state index in [1.165, 1.54) is 11.3 Å². The molecule has 2 heterocycles. The average molecular weight is 456 g/mol. The van der Waals surface area contributed by atoms with Crippen LogP contribution >= 0.6 is 11.8 Å². The Morgan fingerprint density at radius 1 is 1.03 bits per heavy atom. The smallest absolute Gasteiger partial charge is 0.293 e. The second kappa shape index (κ2) is 10.3. The summed E-state index contributed by atoms with van der Waals surface area (Å²) >= 11 is 0.914. The Morgan fingerprint density at radius 3 is 2.53 bits per heavy atom. The van der Waals surface area contributed by atoms with Crippen molar-refractivity contribution >= 4 is 40.8 Å². The van der Waals surface area contributed by atoms with E-state index in [0.29, 0.717) is 17.9 Å². The monoisotopic (exact) mass is 455 g/mol. The van der Waals surface area contributed by atoms with Gasteiger partial charge in [-0.3, -0.25) is 24.1 Å². The first kappa shape index (κ1) is 22.6. The zero-order chi connectivity index (χ0) is 22.5. The van der Waals surface area contributed by atoms with Gasteiger partial charge in [-0.1, -0.05) is 49.6 Å². The highest BCUT2D eigenvalue weighted by molar-refractivity contribution is 8.18. The third-order valence-electron chi connectivity index (χ3n) is 6.40. The molecular weight excluding hydrogens is 426 g/mol. The summed E-state index contributed by atoms with van der Waals surface area (Å²) in [6, 6.07) is 8.93.